The van der Waals surface area contributed by atoms with E-state index < -0.39 is 0 Å². The molecule has 3 N–H and O–H groups in total. The maximum absolute atomic E-state index is 5.86. The third-order valence-corrected chi connectivity index (χ3v) is 0. The van der Waals surface area contributed by atoms with Gasteiger partial charge in [0.2, 0.25) is 0 Å². The zero-order chi connectivity index (χ0) is 2.71. The number of nitrogens with two attached hydrogens (primary N) is 1. The molecule has 0 aliphatic heterocycles. The first kappa shape index (κ1) is 16.9. The molecule has 32 valence electrons. The van der Waals surface area contributed by atoms with Crippen LogP contribution in [0.2, 0.25) is 0 Å². The number of nitrogens with one attached hydrogen (secondary N) is 1. The molecule has 0 spiro atoms. The Morgan fingerprint density at radius 3 is 1.60 bits per heavy atom. The van der Waals surface area contributed by atoms with Gasteiger partial charge in [-0.1, -0.05) is 0 Å². The van der Waals surface area contributed by atoms with Gasteiger partial charge < -0.3 is 5.73 Å². The fourth-order valence-electron chi connectivity index (χ4n) is 0. The standard InChI is InChI=1S/CH4N2.BrH.Pb.2H/c2-1-3;;;;/h1H,(H3,2,3);1H;;;. The quantitative estimate of drug-likeness (QED) is 0.341. The molecule has 4 heteroatoms. The van der Waals surface area contributed by atoms with Crippen LogP contribution in [0.3, 0.4) is 0 Å². The molecular formula is CH7BrN2Pb. The molecule has 0 amide bonds. The van der Waals surface area contributed by atoms with E-state index >= 15 is 0 Å². The predicted octanol–water partition coefficient (Wildman–Crippen LogP) is -0.786. The van der Waals surface area contributed by atoms with Gasteiger partial charge in [0.25, 0.3) is 0 Å². The van der Waals surface area contributed by atoms with Crippen LogP contribution >= 0.6 is 17.0 Å². The molecule has 0 aliphatic rings. The van der Waals surface area contributed by atoms with E-state index in [9.17, 15) is 0 Å². The molecule has 0 aromatic rings. The van der Waals surface area contributed by atoms with E-state index in [4.69, 9.17) is 5.41 Å². The van der Waals surface area contributed by atoms with Crippen LogP contribution in [0.5, 0.6) is 0 Å². The molecule has 0 saturated carbocycles. The Labute approximate surface area is 61.6 Å². The van der Waals surface area contributed by atoms with Gasteiger partial charge in [-0.2, -0.15) is 0 Å². The van der Waals surface area contributed by atoms with Crippen molar-refractivity contribution in [2.45, 2.75) is 0 Å². The first-order valence-electron chi connectivity index (χ1n) is 0.622. The van der Waals surface area contributed by atoms with E-state index in [1.54, 1.807) is 0 Å². The first-order valence-corrected chi connectivity index (χ1v) is 0.622. The summed E-state index contributed by atoms with van der Waals surface area (Å²) >= 11 is 0. The van der Waals surface area contributed by atoms with Crippen molar-refractivity contribution in [2.24, 2.45) is 5.73 Å². The molecule has 0 aliphatic carbocycles. The van der Waals surface area contributed by atoms with E-state index in [1.807, 2.05) is 0 Å². The summed E-state index contributed by atoms with van der Waals surface area (Å²) in [6.45, 7) is 0. The minimum atomic E-state index is 0. The Morgan fingerprint density at radius 1 is 1.60 bits per heavy atom. The number of rotatable bonds is 0. The molecule has 5 heavy (non-hydrogen) atoms. The topological polar surface area (TPSA) is 49.9 Å². The monoisotopic (exact) mass is 334 g/mol. The Balaban J connectivity index is -0.0000000200. The summed E-state index contributed by atoms with van der Waals surface area (Å²) in [5.74, 6) is 0. The van der Waals surface area contributed by atoms with Gasteiger partial charge in [0, 0.05) is 0 Å². The van der Waals surface area contributed by atoms with Crippen LogP contribution in [-0.4, -0.2) is 33.6 Å². The second kappa shape index (κ2) is 20.8. The van der Waals surface area contributed by atoms with Gasteiger partial charge in [0.05, 0.1) is 6.34 Å². The molecule has 0 heterocycles. The first-order chi connectivity index (χ1) is 1.41. The summed E-state index contributed by atoms with van der Waals surface area (Å²) in [6.07, 6.45) is 0.750. The van der Waals surface area contributed by atoms with Crippen molar-refractivity contribution < 1.29 is 0 Å². The van der Waals surface area contributed by atoms with Crippen LogP contribution in [0.1, 0.15) is 0 Å². The zero-order valence-corrected chi connectivity index (χ0v) is 9.98. The van der Waals surface area contributed by atoms with E-state index in [-0.39, 0.29) is 44.3 Å². The van der Waals surface area contributed by atoms with E-state index in [0.717, 1.165) is 6.34 Å². The molecule has 2 radical (unpaired) electrons. The van der Waals surface area contributed by atoms with Crippen LogP contribution in [-0.2, 0) is 0 Å². The summed E-state index contributed by atoms with van der Waals surface area (Å²) in [5, 5.41) is 5.86. The number of halogens is 1. The molecule has 2 nitrogen and oxygen atoms in total. The average molecular weight is 334 g/mol. The van der Waals surface area contributed by atoms with Gasteiger partial charge in [-0.3, -0.25) is 5.41 Å². The van der Waals surface area contributed by atoms with Gasteiger partial charge in [-0.15, -0.1) is 17.0 Å². The summed E-state index contributed by atoms with van der Waals surface area (Å²) in [4.78, 5) is 0. The van der Waals surface area contributed by atoms with Crippen molar-refractivity contribution in [3.05, 3.63) is 0 Å². The zero-order valence-electron chi connectivity index (χ0n) is 2.77. The average Bonchev–Trinajstić information content (AvgIpc) is 0.918. The van der Waals surface area contributed by atoms with Crippen LogP contribution < -0.4 is 5.73 Å². The Kier molecular flexibility index (Phi) is 70.4. The van der Waals surface area contributed by atoms with Crippen molar-refractivity contribution in [3.63, 3.8) is 0 Å². The molecule has 0 aromatic heterocycles. The molecule has 0 atom stereocenters. The normalized spacial score (nSPS) is 2.40. The Bertz CT molecular complexity index is 17.1. The summed E-state index contributed by atoms with van der Waals surface area (Å²) < 4.78 is 0. The fourth-order valence-corrected chi connectivity index (χ4v) is 0. The van der Waals surface area contributed by atoms with Gasteiger partial charge in [-0.25, -0.2) is 0 Å². The Hall–Kier alpha value is 0.872. The SMILES string of the molecule is Br.N=CN.[PbH2]. The second-order valence-corrected chi connectivity index (χ2v) is 0.167. The molecule has 0 bridgehead atoms. The van der Waals surface area contributed by atoms with Crippen molar-refractivity contribution in [3.8, 4) is 0 Å². The number of hydrogen-bond donors (Lipinski definition) is 2. The van der Waals surface area contributed by atoms with Crippen molar-refractivity contribution >= 4 is 50.6 Å². The van der Waals surface area contributed by atoms with E-state index in [2.05, 4.69) is 5.73 Å². The summed E-state index contributed by atoms with van der Waals surface area (Å²) in [6, 6.07) is 0. The maximum atomic E-state index is 5.86. The number of hydrogen-bond acceptors (Lipinski definition) is 1. The van der Waals surface area contributed by atoms with Gasteiger partial charge >= 0.3 is 27.3 Å². The van der Waals surface area contributed by atoms with Crippen molar-refractivity contribution in [1.82, 2.24) is 0 Å². The minimum absolute atomic E-state index is 0. The Morgan fingerprint density at radius 2 is 1.60 bits per heavy atom. The van der Waals surface area contributed by atoms with Crippen molar-refractivity contribution in [1.29, 1.82) is 5.41 Å². The third kappa shape index (κ3) is 52.8. The van der Waals surface area contributed by atoms with Crippen LogP contribution in [0.15, 0.2) is 0 Å². The molecular weight excluding hydrogens is 327 g/mol. The summed E-state index contributed by atoms with van der Waals surface area (Å²) in [5.41, 5.74) is 4.39. The fraction of sp³-hybridized carbons (Fsp3) is 0. The second-order valence-electron chi connectivity index (χ2n) is 0.167. The van der Waals surface area contributed by atoms with Crippen LogP contribution in [0.4, 0.5) is 0 Å². The molecule has 0 saturated heterocycles. The van der Waals surface area contributed by atoms with Gasteiger partial charge in [0.15, 0.2) is 0 Å². The molecule has 0 fully saturated rings. The van der Waals surface area contributed by atoms with Gasteiger partial charge in [0.1, 0.15) is 0 Å². The van der Waals surface area contributed by atoms with E-state index in [0.29, 0.717) is 0 Å². The molecule has 0 unspecified atom stereocenters. The predicted molar refractivity (Wildman–Crippen MR) is 31.8 cm³/mol. The van der Waals surface area contributed by atoms with Crippen LogP contribution in [0.25, 0.3) is 0 Å². The molecule has 0 aromatic carbocycles. The molecule has 0 rings (SSSR count). The van der Waals surface area contributed by atoms with Crippen LogP contribution in [0, 0.1) is 5.41 Å². The van der Waals surface area contributed by atoms with Gasteiger partial charge in [-0.05, 0) is 0 Å². The van der Waals surface area contributed by atoms with E-state index in [1.165, 1.54) is 0 Å². The third-order valence-electron chi connectivity index (χ3n) is 0. The summed E-state index contributed by atoms with van der Waals surface area (Å²) in [7, 11) is 0. The van der Waals surface area contributed by atoms with Crippen molar-refractivity contribution in [2.75, 3.05) is 0 Å².